The molecule has 282 valence electrons. The van der Waals surface area contributed by atoms with Crippen molar-refractivity contribution in [2.24, 2.45) is 0 Å². The minimum absolute atomic E-state index is 0.0175. The van der Waals surface area contributed by atoms with Gasteiger partial charge in [0, 0.05) is 31.3 Å². The number of anilines is 2. The van der Waals surface area contributed by atoms with Gasteiger partial charge in [0.2, 0.25) is 5.91 Å². The first-order valence-electron chi connectivity index (χ1n) is 17.7. The van der Waals surface area contributed by atoms with Crippen LogP contribution in [-0.4, -0.2) is 81.9 Å². The Morgan fingerprint density at radius 3 is 1.40 bits per heavy atom. The van der Waals surface area contributed by atoms with Crippen LogP contribution in [-0.2, 0) is 32.0 Å². The highest BCUT2D eigenvalue weighted by Crippen LogP contribution is 2.14. The molecule has 4 rings (SSSR count). The van der Waals surface area contributed by atoms with Crippen LogP contribution in [0.1, 0.15) is 48.9 Å². The topological polar surface area (TPSA) is 98.8 Å². The predicted molar refractivity (Wildman–Crippen MR) is 224 cm³/mol. The van der Waals surface area contributed by atoms with E-state index >= 15 is 0 Å². The van der Waals surface area contributed by atoms with Crippen molar-refractivity contribution in [1.82, 2.24) is 9.80 Å². The summed E-state index contributed by atoms with van der Waals surface area (Å²) in [6.45, 7) is 7.12. The highest BCUT2D eigenvalue weighted by atomic mass is 16.2. The van der Waals surface area contributed by atoms with Crippen LogP contribution in [0.4, 0.5) is 11.4 Å². The van der Waals surface area contributed by atoms with E-state index in [0.717, 1.165) is 78.4 Å². The minimum Gasteiger partial charge on any atom is -0.388 e. The third-order valence-electron chi connectivity index (χ3n) is 7.20. The predicted octanol–water partition coefficient (Wildman–Crippen LogP) is 7.81. The van der Waals surface area contributed by atoms with Crippen LogP contribution in [0.25, 0.3) is 12.2 Å². The van der Waals surface area contributed by atoms with Crippen molar-refractivity contribution < 1.29 is 19.2 Å². The van der Waals surface area contributed by atoms with E-state index in [4.69, 9.17) is 0 Å². The lowest BCUT2D eigenvalue weighted by molar-refractivity contribution is -0.117. The quantitative estimate of drug-likeness (QED) is 0.0693. The lowest BCUT2D eigenvalue weighted by Gasteiger charge is -2.14. The average Bonchev–Trinajstić information content (AvgIpc) is 3.18. The number of rotatable bonds is 16. The molecule has 0 atom stereocenters. The first-order valence-corrected chi connectivity index (χ1v) is 17.7. The van der Waals surface area contributed by atoms with E-state index in [2.05, 4.69) is 61.6 Å². The van der Waals surface area contributed by atoms with E-state index in [1.807, 2.05) is 128 Å². The van der Waals surface area contributed by atoms with Crippen LogP contribution >= 0.6 is 0 Å². The van der Waals surface area contributed by atoms with E-state index in [9.17, 15) is 19.2 Å². The first kappa shape index (κ1) is 47.4. The third-order valence-corrected chi connectivity index (χ3v) is 7.20. The SMILES string of the molecule is C#C.CCCN(C)CC(=O)Nc1ccc(/C=C/c2ccc(NC)cc2)cc1.CCCN(C)CC=O.O=CCc1ccccc1.O=CCc1ccccc1. The molecule has 53 heavy (non-hydrogen) atoms. The van der Waals surface area contributed by atoms with Crippen LogP contribution in [0, 0.1) is 12.8 Å². The van der Waals surface area contributed by atoms with Gasteiger partial charge >= 0.3 is 0 Å². The van der Waals surface area contributed by atoms with Crippen molar-refractivity contribution in [3.8, 4) is 12.8 Å². The standard InChI is InChI=1S/C21H27N3O.2C8H8O.C6H13NO.C2H2/c1-4-15-24(3)16-21(25)23-20-13-9-18(10-14-20)6-5-17-7-11-19(22-2)12-8-17;2*9-7-6-8-4-2-1-3-5-8;1-3-4-7(2)5-6-8;1-2/h5-14,22H,4,15-16H2,1-3H3,(H,23,25);2*1-5,7H,6H2;6H,3-5H2,1-2H3;1-2H/b6-5+;;;;. The Hall–Kier alpha value is -5.62. The Morgan fingerprint density at radius 2 is 1.02 bits per heavy atom. The number of nitrogens with one attached hydrogen (secondary N) is 2. The molecule has 8 heteroatoms. The second kappa shape index (κ2) is 32.3. The van der Waals surface area contributed by atoms with E-state index in [-0.39, 0.29) is 5.91 Å². The molecule has 0 aromatic heterocycles. The normalized spacial score (nSPS) is 9.75. The van der Waals surface area contributed by atoms with Gasteiger partial charge in [0.15, 0.2) is 0 Å². The fourth-order valence-electron chi connectivity index (χ4n) is 4.56. The van der Waals surface area contributed by atoms with Gasteiger partial charge < -0.3 is 25.0 Å². The number of amides is 1. The summed E-state index contributed by atoms with van der Waals surface area (Å²) in [6, 6.07) is 35.5. The van der Waals surface area contributed by atoms with Crippen LogP contribution in [0.2, 0.25) is 0 Å². The molecule has 0 bridgehead atoms. The second-order valence-electron chi connectivity index (χ2n) is 11.8. The minimum atomic E-state index is 0.0175. The number of hydrogen-bond donors (Lipinski definition) is 2. The molecule has 0 aliphatic heterocycles. The number of carbonyl (C=O) groups is 4. The molecular weight excluding hydrogens is 661 g/mol. The maximum atomic E-state index is 12.0. The summed E-state index contributed by atoms with van der Waals surface area (Å²) in [5, 5.41) is 6.04. The Labute approximate surface area is 318 Å². The van der Waals surface area contributed by atoms with Crippen LogP contribution < -0.4 is 10.6 Å². The van der Waals surface area contributed by atoms with Crippen molar-refractivity contribution >= 4 is 48.3 Å². The average molecular weight is 719 g/mol. The zero-order valence-corrected chi connectivity index (χ0v) is 32.1. The van der Waals surface area contributed by atoms with Crippen molar-refractivity contribution in [3.05, 3.63) is 131 Å². The zero-order valence-electron chi connectivity index (χ0n) is 32.1. The molecule has 4 aromatic carbocycles. The summed E-state index contributed by atoms with van der Waals surface area (Å²) in [4.78, 5) is 45.8. The van der Waals surface area contributed by atoms with Gasteiger partial charge in [-0.1, -0.05) is 111 Å². The number of hydrogen-bond acceptors (Lipinski definition) is 7. The maximum Gasteiger partial charge on any atom is 0.238 e. The summed E-state index contributed by atoms with van der Waals surface area (Å²) in [6.07, 6.45) is 18.1. The molecule has 0 aliphatic rings. The monoisotopic (exact) mass is 718 g/mol. The molecule has 0 unspecified atom stereocenters. The fraction of sp³-hybridized carbons (Fsp3) is 0.289. The second-order valence-corrected chi connectivity index (χ2v) is 11.8. The molecule has 8 nitrogen and oxygen atoms in total. The Bertz CT molecular complexity index is 1510. The maximum absolute atomic E-state index is 12.0. The van der Waals surface area contributed by atoms with E-state index in [1.165, 1.54) is 0 Å². The summed E-state index contributed by atoms with van der Waals surface area (Å²) < 4.78 is 0. The van der Waals surface area contributed by atoms with Gasteiger partial charge in [0.05, 0.1) is 13.1 Å². The number of likely N-dealkylation sites (N-methyl/N-ethyl adjacent to an activating group) is 2. The van der Waals surface area contributed by atoms with Crippen LogP contribution in [0.5, 0.6) is 0 Å². The largest absolute Gasteiger partial charge is 0.388 e. The van der Waals surface area contributed by atoms with Gasteiger partial charge in [-0.2, -0.15) is 0 Å². The number of aldehydes is 3. The Balaban J connectivity index is 0.000000787. The van der Waals surface area contributed by atoms with Gasteiger partial charge in [0.1, 0.15) is 18.9 Å². The van der Waals surface area contributed by atoms with Crippen molar-refractivity contribution in [3.63, 3.8) is 0 Å². The van der Waals surface area contributed by atoms with Crippen molar-refractivity contribution in [2.75, 3.05) is 58.0 Å². The molecule has 2 N–H and O–H groups in total. The van der Waals surface area contributed by atoms with Crippen LogP contribution in [0.3, 0.4) is 0 Å². The van der Waals surface area contributed by atoms with E-state index in [1.54, 1.807) is 0 Å². The van der Waals surface area contributed by atoms with Crippen molar-refractivity contribution in [2.45, 2.75) is 39.5 Å². The lowest BCUT2D eigenvalue weighted by Crippen LogP contribution is -2.30. The first-order chi connectivity index (χ1) is 25.8. The van der Waals surface area contributed by atoms with Gasteiger partial charge in [-0.25, -0.2) is 0 Å². The summed E-state index contributed by atoms with van der Waals surface area (Å²) in [5.41, 5.74) is 6.32. The smallest absolute Gasteiger partial charge is 0.238 e. The number of benzene rings is 4. The zero-order chi connectivity index (χ0) is 39.5. The van der Waals surface area contributed by atoms with E-state index in [0.29, 0.717) is 25.9 Å². The molecule has 0 aliphatic carbocycles. The molecule has 0 saturated heterocycles. The number of carbonyl (C=O) groups excluding carboxylic acids is 4. The van der Waals surface area contributed by atoms with Gasteiger partial charge in [-0.15, -0.1) is 12.8 Å². The fourth-order valence-corrected chi connectivity index (χ4v) is 4.56. The Morgan fingerprint density at radius 1 is 0.604 bits per heavy atom. The molecule has 4 aromatic rings. The van der Waals surface area contributed by atoms with Gasteiger partial charge in [-0.05, 0) is 86.5 Å². The summed E-state index contributed by atoms with van der Waals surface area (Å²) in [7, 11) is 5.81. The van der Waals surface area contributed by atoms with Crippen molar-refractivity contribution in [1.29, 1.82) is 0 Å². The number of nitrogens with zero attached hydrogens (tertiary/aromatic N) is 2. The molecule has 0 saturated carbocycles. The molecule has 0 fully saturated rings. The molecular formula is C45H58N4O4. The number of terminal acetylenes is 1. The third kappa shape index (κ3) is 25.1. The molecule has 0 spiro atoms. The molecule has 0 heterocycles. The van der Waals surface area contributed by atoms with Gasteiger partial charge in [-0.3, -0.25) is 14.6 Å². The summed E-state index contributed by atoms with van der Waals surface area (Å²) in [5.74, 6) is 0.0175. The molecule has 1 amide bonds. The Kier molecular flexibility index (Phi) is 28.9. The lowest BCUT2D eigenvalue weighted by atomic mass is 10.1. The highest BCUT2D eigenvalue weighted by molar-refractivity contribution is 5.92. The van der Waals surface area contributed by atoms with Gasteiger partial charge in [0.25, 0.3) is 0 Å². The highest BCUT2D eigenvalue weighted by Gasteiger charge is 2.05. The summed E-state index contributed by atoms with van der Waals surface area (Å²) >= 11 is 0. The van der Waals surface area contributed by atoms with E-state index < -0.39 is 0 Å². The van der Waals surface area contributed by atoms with Crippen LogP contribution in [0.15, 0.2) is 109 Å². The molecule has 0 radical (unpaired) electrons.